The first-order valence-corrected chi connectivity index (χ1v) is 13.9. The molecule has 2 aromatic rings. The summed E-state index contributed by atoms with van der Waals surface area (Å²) in [4.78, 5) is 48.1. The van der Waals surface area contributed by atoms with Crippen LogP contribution >= 0.6 is 23.5 Å². The fourth-order valence-corrected chi connectivity index (χ4v) is 6.52. The van der Waals surface area contributed by atoms with Crippen LogP contribution in [0.4, 0.5) is 5.82 Å². The van der Waals surface area contributed by atoms with Crippen molar-refractivity contribution in [2.45, 2.75) is 43.8 Å². The van der Waals surface area contributed by atoms with Gasteiger partial charge < -0.3 is 40.3 Å². The monoisotopic (exact) mass is 549 g/mol. The summed E-state index contributed by atoms with van der Waals surface area (Å²) < 4.78 is 53.5. The molecule has 2 aromatic heterocycles. The summed E-state index contributed by atoms with van der Waals surface area (Å²) in [5.74, 6) is 0.0456. The number of hydrogen-bond acceptors (Lipinski definition) is 13. The lowest BCUT2D eigenvalue weighted by Gasteiger charge is -2.32. The van der Waals surface area contributed by atoms with E-state index in [0.717, 1.165) is 6.33 Å². The van der Waals surface area contributed by atoms with Gasteiger partial charge in [-0.3, -0.25) is 9.09 Å². The second-order valence-corrected chi connectivity index (χ2v) is 11.6. The number of aliphatic hydroxyl groups excluding tert-OH is 2. The number of phosphoric ester groups is 1. The number of hydrogen-bond donors (Lipinski definition) is 7. The second kappa shape index (κ2) is 9.59. The first kappa shape index (κ1) is 27.2. The molecule has 1 saturated heterocycles. The average Bonchev–Trinajstić information content (AvgIpc) is 3.20. The highest BCUT2D eigenvalue weighted by molar-refractivity contribution is 7.66. The lowest BCUT2D eigenvalue weighted by molar-refractivity contribution is -0.129. The van der Waals surface area contributed by atoms with Crippen molar-refractivity contribution >= 4 is 40.4 Å². The fraction of sp³-hybridized carbons (Fsp3) is 0.615. The van der Waals surface area contributed by atoms with Crippen LogP contribution < -0.4 is 5.73 Å². The van der Waals surface area contributed by atoms with E-state index in [1.807, 2.05) is 0 Å². The Hall–Kier alpha value is -1.36. The van der Waals surface area contributed by atoms with Gasteiger partial charge in [0.2, 0.25) is 0 Å². The van der Waals surface area contributed by atoms with E-state index in [1.54, 1.807) is 6.92 Å². The third kappa shape index (κ3) is 5.88. The lowest BCUT2D eigenvalue weighted by atomic mass is 9.91. The zero-order valence-corrected chi connectivity index (χ0v) is 19.9. The Bertz CT molecular complexity index is 1190. The predicted octanol–water partition coefficient (Wildman–Crippen LogP) is -0.459. The number of rotatable bonds is 10. The maximum absolute atomic E-state index is 12.1. The molecule has 0 aliphatic carbocycles. The summed E-state index contributed by atoms with van der Waals surface area (Å²) >= 11 is 0. The van der Waals surface area contributed by atoms with Crippen molar-refractivity contribution in [1.29, 1.82) is 0 Å². The van der Waals surface area contributed by atoms with Gasteiger partial charge in [-0.1, -0.05) is 13.3 Å². The van der Waals surface area contributed by atoms with Crippen molar-refractivity contribution in [1.82, 2.24) is 19.5 Å². The summed E-state index contributed by atoms with van der Waals surface area (Å²) in [5, 5.41) is 21.4. The van der Waals surface area contributed by atoms with E-state index in [4.69, 9.17) is 20.3 Å². The number of aliphatic hydroxyl groups is 2. The summed E-state index contributed by atoms with van der Waals surface area (Å²) in [5.41, 5.74) is 4.25. The van der Waals surface area contributed by atoms with Crippen molar-refractivity contribution < 1.29 is 61.4 Å². The van der Waals surface area contributed by atoms with Gasteiger partial charge in [0.15, 0.2) is 17.7 Å². The maximum atomic E-state index is 12.1. The van der Waals surface area contributed by atoms with Gasteiger partial charge in [-0.15, -0.1) is 0 Å². The standard InChI is InChI=1S/C13H22N5O13P3/c1-2-3-13(4-28-33(24,25)31-34(26,27)30-32(21,22)23)9(20)8(19)12(29-13)18-6-17-7-10(14)15-5-16-11(7)18/h5-6,8-9,12,19-20H,2-4H2,1H3,(H,24,25)(H,26,27)(H2,14,15,16)(H2,21,22,23)/t8-,9+,12-,13-/m1/s1. The number of nitrogens with zero attached hydrogens (tertiary/aromatic N) is 4. The highest BCUT2D eigenvalue weighted by Gasteiger charge is 2.56. The van der Waals surface area contributed by atoms with Gasteiger partial charge in [0.1, 0.15) is 29.7 Å². The smallest absolute Gasteiger partial charge is 0.387 e. The number of phosphoric acid groups is 3. The highest BCUT2D eigenvalue weighted by Crippen LogP contribution is 2.66. The van der Waals surface area contributed by atoms with Gasteiger partial charge in [-0.2, -0.15) is 8.62 Å². The van der Waals surface area contributed by atoms with Crippen LogP contribution in [-0.2, 0) is 31.6 Å². The van der Waals surface area contributed by atoms with Gasteiger partial charge in [-0.25, -0.2) is 28.6 Å². The molecule has 192 valence electrons. The number of ether oxygens (including phenoxy) is 1. The molecule has 0 bridgehead atoms. The van der Waals surface area contributed by atoms with E-state index in [9.17, 15) is 33.7 Å². The molecule has 1 aliphatic heterocycles. The van der Waals surface area contributed by atoms with Gasteiger partial charge in [0.05, 0.1) is 12.9 Å². The van der Waals surface area contributed by atoms with Crippen LogP contribution in [0, 0.1) is 0 Å². The molecule has 8 N–H and O–H groups in total. The average molecular weight is 549 g/mol. The molecule has 0 saturated carbocycles. The predicted molar refractivity (Wildman–Crippen MR) is 109 cm³/mol. The van der Waals surface area contributed by atoms with Crippen LogP contribution in [0.3, 0.4) is 0 Å². The molecule has 3 rings (SSSR count). The molecule has 0 aromatic carbocycles. The molecule has 2 unspecified atom stereocenters. The number of nitrogen functional groups attached to an aromatic ring is 1. The SMILES string of the molecule is CCC[C@]1(COP(=O)(O)OP(=O)(O)OP(=O)(O)O)O[C@@H](n2cnc3c(N)ncnc32)[C@H](O)[C@@H]1O. The minimum atomic E-state index is -5.74. The summed E-state index contributed by atoms with van der Waals surface area (Å²) in [6.45, 7) is 0.714. The van der Waals surface area contributed by atoms with Crippen molar-refractivity contribution in [3.05, 3.63) is 12.7 Å². The zero-order valence-electron chi connectivity index (χ0n) is 17.3. The molecule has 6 atom stereocenters. The zero-order chi connectivity index (χ0) is 25.5. The van der Waals surface area contributed by atoms with Crippen molar-refractivity contribution in [2.24, 2.45) is 0 Å². The minimum Gasteiger partial charge on any atom is -0.387 e. The van der Waals surface area contributed by atoms with Crippen molar-refractivity contribution in [2.75, 3.05) is 12.3 Å². The third-order valence-corrected chi connectivity index (χ3v) is 8.52. The molecule has 3 heterocycles. The second-order valence-electron chi connectivity index (χ2n) is 7.21. The first-order chi connectivity index (χ1) is 15.6. The van der Waals surface area contributed by atoms with Crippen LogP contribution in [0.1, 0.15) is 26.0 Å². The van der Waals surface area contributed by atoms with Crippen LogP contribution in [-0.4, -0.2) is 73.7 Å². The van der Waals surface area contributed by atoms with Crippen molar-refractivity contribution in [3.8, 4) is 0 Å². The molecule has 21 heteroatoms. The number of nitrogens with two attached hydrogens (primary N) is 1. The quantitative estimate of drug-likeness (QED) is 0.185. The fourth-order valence-electron chi connectivity index (χ4n) is 3.44. The Morgan fingerprint density at radius 2 is 1.79 bits per heavy atom. The molecular formula is C13H22N5O13P3. The molecule has 34 heavy (non-hydrogen) atoms. The largest absolute Gasteiger partial charge is 0.490 e. The van der Waals surface area contributed by atoms with E-state index < -0.39 is 54.1 Å². The van der Waals surface area contributed by atoms with Crippen LogP contribution in [0.15, 0.2) is 12.7 Å². The van der Waals surface area contributed by atoms with Gasteiger partial charge in [-0.05, 0) is 6.42 Å². The van der Waals surface area contributed by atoms with Crippen molar-refractivity contribution in [3.63, 3.8) is 0 Å². The topological polar surface area (TPSA) is 279 Å². The van der Waals surface area contributed by atoms with E-state index in [2.05, 4.69) is 28.1 Å². The third-order valence-electron chi connectivity index (χ3n) is 4.73. The van der Waals surface area contributed by atoms with Crippen LogP contribution in [0.5, 0.6) is 0 Å². The Balaban J connectivity index is 1.83. The van der Waals surface area contributed by atoms with E-state index >= 15 is 0 Å². The summed E-state index contributed by atoms with van der Waals surface area (Å²) in [7, 11) is -16.8. The molecular weight excluding hydrogens is 527 g/mol. The number of anilines is 1. The summed E-state index contributed by atoms with van der Waals surface area (Å²) in [6, 6.07) is 0. The Labute approximate surface area is 190 Å². The normalized spacial score (nSPS) is 29.2. The molecule has 0 spiro atoms. The number of imidazole rings is 1. The lowest BCUT2D eigenvalue weighted by Crippen LogP contribution is -2.46. The maximum Gasteiger partial charge on any atom is 0.490 e. The van der Waals surface area contributed by atoms with E-state index in [1.165, 1.54) is 10.9 Å². The summed E-state index contributed by atoms with van der Waals surface area (Å²) in [6.07, 6.45) is -2.00. The Morgan fingerprint density at radius 1 is 1.12 bits per heavy atom. The van der Waals surface area contributed by atoms with Gasteiger partial charge in [0, 0.05) is 0 Å². The molecule has 1 fully saturated rings. The number of aromatic nitrogens is 4. The van der Waals surface area contributed by atoms with Gasteiger partial charge in [0.25, 0.3) is 0 Å². The first-order valence-electron chi connectivity index (χ1n) is 9.35. The molecule has 1 aliphatic rings. The minimum absolute atomic E-state index is 0.0404. The molecule has 0 radical (unpaired) electrons. The van der Waals surface area contributed by atoms with Crippen LogP contribution in [0.25, 0.3) is 11.2 Å². The molecule has 0 amide bonds. The molecule has 18 nitrogen and oxygen atoms in total. The Morgan fingerprint density at radius 3 is 2.41 bits per heavy atom. The Kier molecular flexibility index (Phi) is 7.68. The number of fused-ring (bicyclic) bond motifs is 1. The van der Waals surface area contributed by atoms with E-state index in [0.29, 0.717) is 6.42 Å². The highest BCUT2D eigenvalue weighted by atomic mass is 31.3. The van der Waals surface area contributed by atoms with Crippen LogP contribution in [0.2, 0.25) is 0 Å². The van der Waals surface area contributed by atoms with E-state index in [-0.39, 0.29) is 23.4 Å². The van der Waals surface area contributed by atoms with Gasteiger partial charge >= 0.3 is 23.5 Å².